The Morgan fingerprint density at radius 2 is 1.31 bits per heavy atom. The van der Waals surface area contributed by atoms with E-state index in [1.807, 2.05) is 32.0 Å². The Morgan fingerprint density at radius 3 is 1.96 bits per heavy atom. The number of benzene rings is 2. The van der Waals surface area contributed by atoms with Crippen molar-refractivity contribution in [3.05, 3.63) is 90.1 Å². The zero-order valence-electron chi connectivity index (χ0n) is 48.2. The number of hydrogen-bond donors (Lipinski definition) is 13. The molecule has 84 heavy (non-hydrogen) atoms. The molecule has 9 atom stereocenters. The van der Waals surface area contributed by atoms with E-state index in [9.17, 15) is 52.7 Å². The molecule has 0 aliphatic carbocycles. The van der Waals surface area contributed by atoms with E-state index in [1.54, 1.807) is 56.4 Å². The van der Waals surface area contributed by atoms with Crippen LogP contribution >= 0.6 is 0 Å². The second-order valence-corrected chi connectivity index (χ2v) is 22.3. The van der Waals surface area contributed by atoms with Gasteiger partial charge in [0.25, 0.3) is 0 Å². The molecule has 0 radical (unpaired) electrons. The van der Waals surface area contributed by atoms with Gasteiger partial charge in [0.1, 0.15) is 48.3 Å². The lowest BCUT2D eigenvalue weighted by atomic mass is 10.0. The summed E-state index contributed by atoms with van der Waals surface area (Å²) < 4.78 is 0. The SMILES string of the molecule is CC(C)C[C@H](NC(=O)[C@H](Cc1cnc[nH]1)NC(=O)CNC(=O)[C@@H](NC(=O)[C@H](C)NC(=O)[C@H](Cc1c[nH]c2ccccc12)NC(=O)[C@H](CCC(N)=O)NC(=O)[C@@H](Cc1ccccc1)NC(=O)[C@@H]1CCCCN1)C(C)C)C(=O)N1CCC[C@H]1C(N)=O. The molecular weight excluding hydrogens is 1080 g/mol. The lowest BCUT2D eigenvalue weighted by molar-refractivity contribution is -0.141. The second-order valence-electron chi connectivity index (χ2n) is 22.3. The first-order valence-corrected chi connectivity index (χ1v) is 28.6. The van der Waals surface area contributed by atoms with Crippen LogP contribution in [0.4, 0.5) is 0 Å². The smallest absolute Gasteiger partial charge is 0.245 e. The highest BCUT2D eigenvalue weighted by Crippen LogP contribution is 2.22. The van der Waals surface area contributed by atoms with Gasteiger partial charge in [0.05, 0.1) is 18.9 Å². The number of piperidine rings is 1. The van der Waals surface area contributed by atoms with Gasteiger partial charge in [-0.15, -0.1) is 0 Å². The lowest BCUT2D eigenvalue weighted by Gasteiger charge is -2.30. The molecule has 2 aromatic carbocycles. The molecule has 2 aromatic heterocycles. The topological polar surface area (TPSA) is 396 Å². The molecule has 4 heterocycles. The first kappa shape index (κ1) is 64.5. The number of aromatic amines is 2. The molecule has 4 aromatic rings. The maximum Gasteiger partial charge on any atom is 0.245 e. The van der Waals surface area contributed by atoms with Crippen molar-refractivity contribution in [2.24, 2.45) is 23.3 Å². The molecule has 6 rings (SSSR count). The number of para-hydroxylation sites is 1. The summed E-state index contributed by atoms with van der Waals surface area (Å²) >= 11 is 0. The maximum atomic E-state index is 14.4. The van der Waals surface area contributed by atoms with Crippen molar-refractivity contribution in [1.29, 1.82) is 0 Å². The largest absolute Gasteiger partial charge is 0.370 e. The Hall–Kier alpha value is -8.68. The van der Waals surface area contributed by atoms with E-state index in [2.05, 4.69) is 62.8 Å². The standard InChI is InChI=1S/C58H81N15O11/c1-32(2)24-45(58(84)73-23-13-19-46(73)50(60)76)71-56(82)44(27-37-29-61-31-65-37)67-48(75)30-64-57(83)49(33(3)4)72-51(77)34(5)66-54(80)43(26-36-28-63-39-17-10-9-16-38(36)39)70-53(79)41(20-21-47(59)74)68-55(81)42(25-35-14-7-6-8-15-35)69-52(78)40-18-11-12-22-62-40/h6-10,14-17,28-29,31-34,40-46,49,62-63H,11-13,18-27,30H2,1-5H3,(H2,59,74)(H2,60,76)(H,61,65)(H,64,83)(H,66,80)(H,67,75)(H,68,81)(H,69,78)(H,70,79)(H,71,82)(H,72,77)/t34-,40-,41-,42+,43-,44-,45-,46-,49-/m0/s1. The molecule has 2 aliphatic heterocycles. The summed E-state index contributed by atoms with van der Waals surface area (Å²) in [4.78, 5) is 161. The quantitative estimate of drug-likeness (QED) is 0.0300. The molecule has 0 spiro atoms. The number of imidazole rings is 1. The highest BCUT2D eigenvalue weighted by Gasteiger charge is 2.39. The summed E-state index contributed by atoms with van der Waals surface area (Å²) in [5, 5.41) is 25.3. The summed E-state index contributed by atoms with van der Waals surface area (Å²) in [6, 6.07) is 5.98. The Labute approximate surface area is 487 Å². The minimum absolute atomic E-state index is 0.0573. The average molecular weight is 1160 g/mol. The number of rotatable bonds is 30. The number of likely N-dealkylation sites (tertiary alicyclic amines) is 1. The number of nitrogens with one attached hydrogen (secondary N) is 11. The number of fused-ring (bicyclic) bond motifs is 1. The van der Waals surface area contributed by atoms with Gasteiger partial charge in [-0.25, -0.2) is 4.98 Å². The number of carbonyl (C=O) groups is 11. The zero-order chi connectivity index (χ0) is 61.0. The summed E-state index contributed by atoms with van der Waals surface area (Å²) in [5.74, 6) is -8.40. The van der Waals surface area contributed by atoms with E-state index in [-0.39, 0.29) is 56.9 Å². The first-order chi connectivity index (χ1) is 40.1. The number of nitrogens with two attached hydrogens (primary N) is 2. The van der Waals surface area contributed by atoms with E-state index < -0.39 is 126 Å². The third-order valence-electron chi connectivity index (χ3n) is 14.8. The van der Waals surface area contributed by atoms with Crippen molar-refractivity contribution >= 4 is 75.9 Å². The molecular formula is C58H81N15O11. The van der Waals surface area contributed by atoms with Gasteiger partial charge in [0, 0.05) is 61.2 Å². The van der Waals surface area contributed by atoms with Gasteiger partial charge in [0.15, 0.2) is 0 Å². The summed E-state index contributed by atoms with van der Waals surface area (Å²) in [7, 11) is 0. The van der Waals surface area contributed by atoms with Crippen molar-refractivity contribution in [3.63, 3.8) is 0 Å². The van der Waals surface area contributed by atoms with Crippen LogP contribution in [0.2, 0.25) is 0 Å². The average Bonchev–Trinajstić information content (AvgIpc) is 4.09. The van der Waals surface area contributed by atoms with Crippen LogP contribution in [-0.4, -0.2) is 159 Å². The lowest BCUT2D eigenvalue weighted by Crippen LogP contribution is -2.60. The van der Waals surface area contributed by atoms with Crippen LogP contribution < -0.4 is 59.3 Å². The summed E-state index contributed by atoms with van der Waals surface area (Å²) in [6.07, 6.45) is 7.25. The fourth-order valence-electron chi connectivity index (χ4n) is 10.3. The molecule has 0 unspecified atom stereocenters. The van der Waals surface area contributed by atoms with E-state index in [4.69, 9.17) is 11.5 Å². The van der Waals surface area contributed by atoms with Crippen LogP contribution in [0, 0.1) is 11.8 Å². The number of aromatic nitrogens is 3. The van der Waals surface area contributed by atoms with E-state index in [0.717, 1.165) is 29.3 Å². The van der Waals surface area contributed by atoms with Crippen LogP contribution in [0.15, 0.2) is 73.3 Å². The predicted octanol–water partition coefficient (Wildman–Crippen LogP) is -0.965. The molecule has 454 valence electrons. The molecule has 26 heteroatoms. The summed E-state index contributed by atoms with van der Waals surface area (Å²) in [5.41, 5.74) is 13.7. The molecule has 11 amide bonds. The fraction of sp³-hybridized carbons (Fsp3) is 0.517. The second kappa shape index (κ2) is 31.1. The van der Waals surface area contributed by atoms with Crippen LogP contribution in [-0.2, 0) is 72.0 Å². The number of amides is 11. The van der Waals surface area contributed by atoms with E-state index in [0.29, 0.717) is 37.1 Å². The molecule has 0 bridgehead atoms. The third kappa shape index (κ3) is 18.9. The zero-order valence-corrected chi connectivity index (χ0v) is 48.2. The van der Waals surface area contributed by atoms with Crippen LogP contribution in [0.3, 0.4) is 0 Å². The summed E-state index contributed by atoms with van der Waals surface area (Å²) in [6.45, 7) is 8.67. The highest BCUT2D eigenvalue weighted by molar-refractivity contribution is 5.99. The van der Waals surface area contributed by atoms with Gasteiger partial charge in [-0.2, -0.15) is 0 Å². The van der Waals surface area contributed by atoms with Crippen molar-refractivity contribution in [2.45, 2.75) is 160 Å². The molecule has 15 N–H and O–H groups in total. The van der Waals surface area contributed by atoms with Gasteiger partial charge < -0.3 is 74.2 Å². The minimum Gasteiger partial charge on any atom is -0.370 e. The number of H-pyrrole nitrogens is 2. The Morgan fingerprint density at radius 1 is 0.655 bits per heavy atom. The van der Waals surface area contributed by atoms with E-state index >= 15 is 0 Å². The molecule has 2 saturated heterocycles. The Balaban J connectivity index is 1.12. The van der Waals surface area contributed by atoms with E-state index in [1.165, 1.54) is 24.3 Å². The highest BCUT2D eigenvalue weighted by atomic mass is 16.2. The number of primary amides is 2. The van der Waals surface area contributed by atoms with Gasteiger partial charge in [0.2, 0.25) is 65.0 Å². The van der Waals surface area contributed by atoms with Gasteiger partial charge in [-0.3, -0.25) is 52.7 Å². The molecule has 0 saturated carbocycles. The first-order valence-electron chi connectivity index (χ1n) is 28.6. The fourth-order valence-corrected chi connectivity index (χ4v) is 10.3. The van der Waals surface area contributed by atoms with Crippen molar-refractivity contribution in [1.82, 2.24) is 67.7 Å². The third-order valence-corrected chi connectivity index (χ3v) is 14.8. The van der Waals surface area contributed by atoms with Crippen LogP contribution in [0.1, 0.15) is 103 Å². The van der Waals surface area contributed by atoms with Crippen molar-refractivity contribution in [3.8, 4) is 0 Å². The molecule has 26 nitrogen and oxygen atoms in total. The van der Waals surface area contributed by atoms with Crippen LogP contribution in [0.25, 0.3) is 10.9 Å². The van der Waals surface area contributed by atoms with Crippen molar-refractivity contribution in [2.75, 3.05) is 19.6 Å². The monoisotopic (exact) mass is 1160 g/mol. The number of hydrogen-bond acceptors (Lipinski definition) is 13. The predicted molar refractivity (Wildman–Crippen MR) is 309 cm³/mol. The van der Waals surface area contributed by atoms with Crippen molar-refractivity contribution < 1.29 is 52.7 Å². The van der Waals surface area contributed by atoms with Gasteiger partial charge in [-0.05, 0) is 81.0 Å². The molecule has 2 aliphatic rings. The maximum absolute atomic E-state index is 14.4. The molecule has 2 fully saturated rings. The Kier molecular flexibility index (Phi) is 23.9. The minimum atomic E-state index is -1.44. The van der Waals surface area contributed by atoms with Gasteiger partial charge in [-0.1, -0.05) is 82.6 Å². The van der Waals surface area contributed by atoms with Gasteiger partial charge >= 0.3 is 0 Å². The normalized spacial score (nSPS) is 17.5. The number of carbonyl (C=O) groups excluding carboxylic acids is 11. The number of nitrogens with zero attached hydrogens (tertiary/aromatic N) is 2. The van der Waals surface area contributed by atoms with Crippen LogP contribution in [0.5, 0.6) is 0 Å². The Bertz CT molecular complexity index is 2940.